The van der Waals surface area contributed by atoms with E-state index in [1.165, 1.54) is 20.9 Å². The van der Waals surface area contributed by atoms with E-state index < -0.39 is 0 Å². The van der Waals surface area contributed by atoms with Crippen molar-refractivity contribution in [2.75, 3.05) is 0 Å². The smallest absolute Gasteiger partial charge is 0.0538 e. The molecule has 0 spiro atoms. The van der Waals surface area contributed by atoms with Crippen LogP contribution in [0.15, 0.2) is 25.0 Å². The minimum atomic E-state index is 0.363. The van der Waals surface area contributed by atoms with E-state index in [2.05, 4.69) is 43.8 Å². The number of rotatable bonds is 5. The zero-order valence-electron chi connectivity index (χ0n) is 11.1. The fraction of sp³-hybridized carbons (Fsp3) is 0.357. The fourth-order valence-corrected chi connectivity index (χ4v) is 3.05. The van der Waals surface area contributed by atoms with E-state index in [9.17, 15) is 0 Å². The highest BCUT2D eigenvalue weighted by atomic mass is 32.1. The summed E-state index contributed by atoms with van der Waals surface area (Å²) < 4.78 is 1.72. The van der Waals surface area contributed by atoms with Gasteiger partial charge in [0, 0.05) is 40.3 Å². The van der Waals surface area contributed by atoms with Crippen LogP contribution in [0.25, 0.3) is 6.20 Å². The second-order valence-corrected chi connectivity index (χ2v) is 5.94. The highest BCUT2D eigenvalue weighted by Gasteiger charge is 2.10. The van der Waals surface area contributed by atoms with Crippen LogP contribution in [0.1, 0.15) is 33.8 Å². The standard InChI is InChI=1S/C14H19N3S/c1-5-17-9-13(8-16-17)7-15-11(3)14-6-10(2)18-12(14)4/h5-6,8-9,11,15H,1,7H2,2-4H3. The summed E-state index contributed by atoms with van der Waals surface area (Å²) in [4.78, 5) is 2.77. The minimum absolute atomic E-state index is 0.363. The Morgan fingerprint density at radius 1 is 1.56 bits per heavy atom. The first-order valence-corrected chi connectivity index (χ1v) is 6.87. The van der Waals surface area contributed by atoms with E-state index in [-0.39, 0.29) is 0 Å². The predicted molar refractivity (Wildman–Crippen MR) is 77.7 cm³/mol. The topological polar surface area (TPSA) is 29.9 Å². The van der Waals surface area contributed by atoms with E-state index >= 15 is 0 Å². The summed E-state index contributed by atoms with van der Waals surface area (Å²) in [5, 5.41) is 7.69. The van der Waals surface area contributed by atoms with Crippen molar-refractivity contribution in [1.82, 2.24) is 15.1 Å². The zero-order chi connectivity index (χ0) is 13.1. The van der Waals surface area contributed by atoms with Crippen molar-refractivity contribution < 1.29 is 0 Å². The molecule has 3 nitrogen and oxygen atoms in total. The van der Waals surface area contributed by atoms with Gasteiger partial charge in [0.1, 0.15) is 0 Å². The maximum atomic E-state index is 4.17. The van der Waals surface area contributed by atoms with Crippen LogP contribution in [0.5, 0.6) is 0 Å². The molecule has 96 valence electrons. The second kappa shape index (κ2) is 5.50. The van der Waals surface area contributed by atoms with Gasteiger partial charge in [-0.15, -0.1) is 11.3 Å². The molecule has 1 atom stereocenters. The Hall–Kier alpha value is -1.39. The summed E-state index contributed by atoms with van der Waals surface area (Å²) in [5.41, 5.74) is 2.57. The molecule has 1 N–H and O–H groups in total. The molecule has 2 aromatic rings. The van der Waals surface area contributed by atoms with E-state index in [1.54, 1.807) is 10.9 Å². The van der Waals surface area contributed by atoms with Gasteiger partial charge in [-0.05, 0) is 32.4 Å². The van der Waals surface area contributed by atoms with Gasteiger partial charge < -0.3 is 5.32 Å². The van der Waals surface area contributed by atoms with Crippen LogP contribution in [-0.4, -0.2) is 9.78 Å². The Morgan fingerprint density at radius 2 is 2.33 bits per heavy atom. The van der Waals surface area contributed by atoms with Gasteiger partial charge in [-0.25, -0.2) is 4.68 Å². The molecule has 4 heteroatoms. The number of aryl methyl sites for hydroxylation is 2. The summed E-state index contributed by atoms with van der Waals surface area (Å²) in [6.07, 6.45) is 5.55. The summed E-state index contributed by atoms with van der Waals surface area (Å²) in [6, 6.07) is 2.63. The quantitative estimate of drug-likeness (QED) is 0.892. The second-order valence-electron chi connectivity index (χ2n) is 4.48. The monoisotopic (exact) mass is 261 g/mol. The lowest BCUT2D eigenvalue weighted by Crippen LogP contribution is -2.17. The molecule has 2 rings (SSSR count). The van der Waals surface area contributed by atoms with Crippen LogP contribution >= 0.6 is 11.3 Å². The van der Waals surface area contributed by atoms with Crippen LogP contribution in [-0.2, 0) is 6.54 Å². The molecule has 0 saturated heterocycles. The molecule has 18 heavy (non-hydrogen) atoms. The summed E-state index contributed by atoms with van der Waals surface area (Å²) in [6.45, 7) is 11.0. The minimum Gasteiger partial charge on any atom is -0.306 e. The van der Waals surface area contributed by atoms with Crippen LogP contribution in [0, 0.1) is 13.8 Å². The third-order valence-corrected chi connectivity index (χ3v) is 3.98. The van der Waals surface area contributed by atoms with E-state index in [1.807, 2.05) is 23.7 Å². The van der Waals surface area contributed by atoms with E-state index in [4.69, 9.17) is 0 Å². The van der Waals surface area contributed by atoms with Gasteiger partial charge in [-0.1, -0.05) is 6.58 Å². The Kier molecular flexibility index (Phi) is 3.99. The molecule has 0 bridgehead atoms. The van der Waals surface area contributed by atoms with Gasteiger partial charge in [0.15, 0.2) is 0 Å². The van der Waals surface area contributed by atoms with Crippen LogP contribution in [0.2, 0.25) is 0 Å². The van der Waals surface area contributed by atoms with E-state index in [0.717, 1.165) is 6.54 Å². The molecule has 2 aromatic heterocycles. The van der Waals surface area contributed by atoms with Gasteiger partial charge in [-0.3, -0.25) is 0 Å². The molecule has 0 aliphatic heterocycles. The number of nitrogens with zero attached hydrogens (tertiary/aromatic N) is 2. The first-order chi connectivity index (χ1) is 8.60. The molecule has 0 fully saturated rings. The van der Waals surface area contributed by atoms with Crippen molar-refractivity contribution in [3.8, 4) is 0 Å². The highest BCUT2D eigenvalue weighted by molar-refractivity contribution is 7.12. The Balaban J connectivity index is 1.97. The molecule has 0 saturated carbocycles. The molecule has 0 aromatic carbocycles. The van der Waals surface area contributed by atoms with E-state index in [0.29, 0.717) is 6.04 Å². The largest absolute Gasteiger partial charge is 0.306 e. The van der Waals surface area contributed by atoms with Crippen molar-refractivity contribution >= 4 is 17.5 Å². The Morgan fingerprint density at radius 3 is 2.89 bits per heavy atom. The molecule has 0 radical (unpaired) electrons. The molecule has 0 amide bonds. The lowest BCUT2D eigenvalue weighted by molar-refractivity contribution is 0.574. The number of hydrogen-bond acceptors (Lipinski definition) is 3. The summed E-state index contributed by atoms with van der Waals surface area (Å²) >= 11 is 1.86. The number of thiophene rings is 1. The molecule has 1 unspecified atom stereocenters. The van der Waals surface area contributed by atoms with Crippen LogP contribution < -0.4 is 5.32 Å². The number of aromatic nitrogens is 2. The SMILES string of the molecule is C=Cn1cc(CNC(C)c2cc(C)sc2C)cn1. The van der Waals surface area contributed by atoms with Gasteiger partial charge in [0.25, 0.3) is 0 Å². The predicted octanol–water partition coefficient (Wildman–Crippen LogP) is 3.51. The molecular weight excluding hydrogens is 242 g/mol. The first-order valence-electron chi connectivity index (χ1n) is 6.06. The van der Waals surface area contributed by atoms with Crippen molar-refractivity contribution in [2.45, 2.75) is 33.4 Å². The van der Waals surface area contributed by atoms with Crippen molar-refractivity contribution in [2.24, 2.45) is 0 Å². The Bertz CT molecular complexity index is 539. The molecule has 2 heterocycles. The third kappa shape index (κ3) is 2.89. The first kappa shape index (κ1) is 13.1. The molecule has 0 aliphatic carbocycles. The van der Waals surface area contributed by atoms with Gasteiger partial charge in [-0.2, -0.15) is 5.10 Å². The number of nitrogens with one attached hydrogen (secondary N) is 1. The fourth-order valence-electron chi connectivity index (χ4n) is 2.03. The number of hydrogen-bond donors (Lipinski definition) is 1. The van der Waals surface area contributed by atoms with Gasteiger partial charge in [0.2, 0.25) is 0 Å². The van der Waals surface area contributed by atoms with Crippen molar-refractivity contribution in [1.29, 1.82) is 0 Å². The lowest BCUT2D eigenvalue weighted by atomic mass is 10.1. The van der Waals surface area contributed by atoms with Crippen molar-refractivity contribution in [3.05, 3.63) is 45.9 Å². The van der Waals surface area contributed by atoms with Gasteiger partial charge >= 0.3 is 0 Å². The average molecular weight is 261 g/mol. The maximum absolute atomic E-state index is 4.17. The lowest BCUT2D eigenvalue weighted by Gasteiger charge is -2.12. The van der Waals surface area contributed by atoms with Crippen LogP contribution in [0.3, 0.4) is 0 Å². The van der Waals surface area contributed by atoms with Crippen LogP contribution in [0.4, 0.5) is 0 Å². The molecular formula is C14H19N3S. The zero-order valence-corrected chi connectivity index (χ0v) is 11.9. The summed E-state index contributed by atoms with van der Waals surface area (Å²) in [7, 11) is 0. The highest BCUT2D eigenvalue weighted by Crippen LogP contribution is 2.26. The summed E-state index contributed by atoms with van der Waals surface area (Å²) in [5.74, 6) is 0. The van der Waals surface area contributed by atoms with Crippen molar-refractivity contribution in [3.63, 3.8) is 0 Å². The third-order valence-electron chi connectivity index (χ3n) is 3.00. The normalized spacial score (nSPS) is 12.6. The Labute approximate surface area is 112 Å². The maximum Gasteiger partial charge on any atom is 0.0538 e. The molecule has 0 aliphatic rings. The average Bonchev–Trinajstić information content (AvgIpc) is 2.92. The van der Waals surface area contributed by atoms with Gasteiger partial charge in [0.05, 0.1) is 6.20 Å².